The van der Waals surface area contributed by atoms with E-state index in [2.05, 4.69) is 20.2 Å². The Kier molecular flexibility index (Phi) is 5.04. The first-order valence-electron chi connectivity index (χ1n) is 7.84. The van der Waals surface area contributed by atoms with Crippen LogP contribution in [0.3, 0.4) is 0 Å². The van der Waals surface area contributed by atoms with Gasteiger partial charge < -0.3 is 24.4 Å². The van der Waals surface area contributed by atoms with E-state index < -0.39 is 5.79 Å². The van der Waals surface area contributed by atoms with Crippen LogP contribution in [0.15, 0.2) is 12.4 Å². The van der Waals surface area contributed by atoms with Gasteiger partial charge in [0.2, 0.25) is 5.95 Å². The third-order valence-electron chi connectivity index (χ3n) is 4.11. The summed E-state index contributed by atoms with van der Waals surface area (Å²) >= 11 is 0. The lowest BCUT2D eigenvalue weighted by Crippen LogP contribution is -2.45. The van der Waals surface area contributed by atoms with Crippen molar-refractivity contribution in [1.29, 1.82) is 0 Å². The van der Waals surface area contributed by atoms with Gasteiger partial charge in [-0.2, -0.15) is 0 Å². The molecule has 1 aromatic rings. The van der Waals surface area contributed by atoms with Gasteiger partial charge in [0.25, 0.3) is 5.91 Å². The second kappa shape index (κ2) is 7.20. The second-order valence-corrected chi connectivity index (χ2v) is 5.62. The summed E-state index contributed by atoms with van der Waals surface area (Å²) < 4.78 is 16.3. The number of amides is 1. The molecular weight excluding hydrogens is 300 g/mol. The predicted molar refractivity (Wildman–Crippen MR) is 82.3 cm³/mol. The van der Waals surface area contributed by atoms with Gasteiger partial charge in [0.1, 0.15) is 0 Å². The third kappa shape index (κ3) is 3.77. The number of hydrogen-bond donors (Lipinski definition) is 1. The van der Waals surface area contributed by atoms with Gasteiger partial charge >= 0.3 is 0 Å². The van der Waals surface area contributed by atoms with E-state index in [1.165, 1.54) is 0 Å². The van der Waals surface area contributed by atoms with Gasteiger partial charge in [-0.05, 0) is 0 Å². The van der Waals surface area contributed by atoms with Crippen LogP contribution in [0.4, 0.5) is 5.95 Å². The summed E-state index contributed by atoms with van der Waals surface area (Å²) in [6.07, 6.45) is 4.71. The van der Waals surface area contributed by atoms with Gasteiger partial charge in [-0.1, -0.05) is 0 Å². The normalized spacial score (nSPS) is 20.0. The van der Waals surface area contributed by atoms with E-state index in [0.717, 1.165) is 25.9 Å². The van der Waals surface area contributed by atoms with Crippen LogP contribution in [0.5, 0.6) is 0 Å². The summed E-state index contributed by atoms with van der Waals surface area (Å²) in [4.78, 5) is 22.6. The van der Waals surface area contributed by atoms with E-state index in [1.807, 2.05) is 0 Å². The number of piperidine rings is 1. The highest BCUT2D eigenvalue weighted by Gasteiger charge is 2.40. The van der Waals surface area contributed by atoms with Crippen molar-refractivity contribution in [3.8, 4) is 0 Å². The average molecular weight is 322 g/mol. The fourth-order valence-electron chi connectivity index (χ4n) is 2.80. The smallest absolute Gasteiger partial charge is 0.254 e. The molecule has 1 spiro atoms. The molecule has 0 aliphatic carbocycles. The molecule has 0 aromatic carbocycles. The van der Waals surface area contributed by atoms with E-state index in [-0.39, 0.29) is 5.91 Å². The Hall–Kier alpha value is -1.77. The Bertz CT molecular complexity index is 521. The van der Waals surface area contributed by atoms with Crippen molar-refractivity contribution in [1.82, 2.24) is 15.3 Å². The molecule has 3 heterocycles. The monoisotopic (exact) mass is 322 g/mol. The molecule has 1 amide bonds. The second-order valence-electron chi connectivity index (χ2n) is 5.62. The zero-order valence-corrected chi connectivity index (χ0v) is 13.3. The molecule has 3 rings (SSSR count). The highest BCUT2D eigenvalue weighted by molar-refractivity contribution is 5.93. The Balaban J connectivity index is 1.54. The van der Waals surface area contributed by atoms with Crippen LogP contribution < -0.4 is 10.2 Å². The minimum atomic E-state index is -0.405. The highest BCUT2D eigenvalue weighted by Crippen LogP contribution is 2.32. The summed E-state index contributed by atoms with van der Waals surface area (Å²) in [6, 6.07) is 0. The fraction of sp³-hybridized carbons (Fsp3) is 0.667. The SMILES string of the molecule is COCCNC(=O)c1cnc(N2CCC3(CC2)OCCO3)nc1. The van der Waals surface area contributed by atoms with Gasteiger partial charge in [0.05, 0.1) is 25.4 Å². The molecule has 2 aliphatic heterocycles. The number of ether oxygens (including phenoxy) is 3. The molecule has 1 N–H and O–H groups in total. The van der Waals surface area contributed by atoms with Gasteiger partial charge in [-0.15, -0.1) is 0 Å². The zero-order valence-electron chi connectivity index (χ0n) is 13.3. The average Bonchev–Trinajstić information content (AvgIpc) is 3.04. The van der Waals surface area contributed by atoms with Crippen LogP contribution >= 0.6 is 0 Å². The van der Waals surface area contributed by atoms with Crippen molar-refractivity contribution in [3.63, 3.8) is 0 Å². The number of anilines is 1. The topological polar surface area (TPSA) is 85.8 Å². The van der Waals surface area contributed by atoms with E-state index >= 15 is 0 Å². The summed E-state index contributed by atoms with van der Waals surface area (Å²) in [6.45, 7) is 3.83. The Morgan fingerprint density at radius 2 is 1.96 bits per heavy atom. The molecule has 23 heavy (non-hydrogen) atoms. The minimum Gasteiger partial charge on any atom is -0.383 e. The maximum atomic E-state index is 11.9. The molecule has 8 nitrogen and oxygen atoms in total. The van der Waals surface area contributed by atoms with Crippen LogP contribution in [0.1, 0.15) is 23.2 Å². The first-order valence-corrected chi connectivity index (χ1v) is 7.84. The number of nitrogens with zero attached hydrogens (tertiary/aromatic N) is 3. The quantitative estimate of drug-likeness (QED) is 0.775. The van der Waals surface area contributed by atoms with Crippen molar-refractivity contribution in [2.45, 2.75) is 18.6 Å². The van der Waals surface area contributed by atoms with Crippen molar-refractivity contribution in [2.24, 2.45) is 0 Å². The molecule has 0 atom stereocenters. The fourth-order valence-corrected chi connectivity index (χ4v) is 2.80. The molecule has 2 aliphatic rings. The zero-order chi connectivity index (χ0) is 16.1. The van der Waals surface area contributed by atoms with E-state index in [1.54, 1.807) is 19.5 Å². The lowest BCUT2D eigenvalue weighted by molar-refractivity contribution is -0.169. The largest absolute Gasteiger partial charge is 0.383 e. The number of carbonyl (C=O) groups excluding carboxylic acids is 1. The van der Waals surface area contributed by atoms with Gasteiger partial charge in [0.15, 0.2) is 5.79 Å². The lowest BCUT2D eigenvalue weighted by atomic mass is 10.0. The van der Waals surface area contributed by atoms with Crippen LogP contribution in [0.25, 0.3) is 0 Å². The van der Waals surface area contributed by atoms with E-state index in [9.17, 15) is 4.79 Å². The summed E-state index contributed by atoms with van der Waals surface area (Å²) in [5, 5.41) is 2.74. The Morgan fingerprint density at radius 1 is 1.30 bits per heavy atom. The molecule has 1 aromatic heterocycles. The number of methoxy groups -OCH3 is 1. The standard InChI is InChI=1S/C15H22N4O4/c1-21-7-4-16-13(20)12-10-17-14(18-11-12)19-5-2-15(3-6-19)22-8-9-23-15/h10-11H,2-9H2,1H3,(H,16,20). The molecule has 0 saturated carbocycles. The predicted octanol–water partition coefficient (Wildman–Crippen LogP) is 0.196. The van der Waals surface area contributed by atoms with Gasteiger partial charge in [-0.25, -0.2) is 9.97 Å². The third-order valence-corrected chi connectivity index (χ3v) is 4.11. The maximum absolute atomic E-state index is 11.9. The lowest BCUT2D eigenvalue weighted by Gasteiger charge is -2.37. The molecule has 2 fully saturated rings. The number of rotatable bonds is 5. The van der Waals surface area contributed by atoms with Crippen molar-refractivity contribution in [2.75, 3.05) is 51.5 Å². The van der Waals surface area contributed by atoms with Crippen LogP contribution in [0.2, 0.25) is 0 Å². The number of hydrogen-bond acceptors (Lipinski definition) is 7. The first kappa shape index (κ1) is 16.1. The van der Waals surface area contributed by atoms with Crippen LogP contribution in [-0.2, 0) is 14.2 Å². The van der Waals surface area contributed by atoms with Crippen molar-refractivity contribution >= 4 is 11.9 Å². The van der Waals surface area contributed by atoms with Crippen molar-refractivity contribution in [3.05, 3.63) is 18.0 Å². The van der Waals surface area contributed by atoms with Crippen LogP contribution in [0, 0.1) is 0 Å². The highest BCUT2D eigenvalue weighted by atomic mass is 16.7. The van der Waals surface area contributed by atoms with E-state index in [0.29, 0.717) is 37.9 Å². The molecule has 2 saturated heterocycles. The molecular formula is C15H22N4O4. The molecule has 0 radical (unpaired) electrons. The molecule has 8 heteroatoms. The maximum Gasteiger partial charge on any atom is 0.254 e. The summed E-state index contributed by atoms with van der Waals surface area (Å²) in [5.41, 5.74) is 0.445. The first-order chi connectivity index (χ1) is 11.2. The Morgan fingerprint density at radius 3 is 2.57 bits per heavy atom. The molecule has 126 valence electrons. The Labute approximate surface area is 135 Å². The molecule has 0 bridgehead atoms. The van der Waals surface area contributed by atoms with Crippen molar-refractivity contribution < 1.29 is 19.0 Å². The molecule has 0 unspecified atom stereocenters. The van der Waals surface area contributed by atoms with Gasteiger partial charge in [0, 0.05) is 52.0 Å². The summed E-state index contributed by atoms with van der Waals surface area (Å²) in [5.74, 6) is 0.0303. The number of carbonyl (C=O) groups is 1. The van der Waals surface area contributed by atoms with E-state index in [4.69, 9.17) is 14.2 Å². The number of nitrogens with one attached hydrogen (secondary N) is 1. The number of aromatic nitrogens is 2. The van der Waals surface area contributed by atoms with Crippen LogP contribution in [-0.4, -0.2) is 68.2 Å². The minimum absolute atomic E-state index is 0.195. The van der Waals surface area contributed by atoms with Gasteiger partial charge in [-0.3, -0.25) is 4.79 Å². The summed E-state index contributed by atoms with van der Waals surface area (Å²) in [7, 11) is 1.59.